The molecule has 0 aliphatic heterocycles. The topological polar surface area (TPSA) is 41.1 Å². The molecule has 0 saturated carbocycles. The molecule has 0 bridgehead atoms. The van der Waals surface area contributed by atoms with Crippen molar-refractivity contribution in [3.05, 3.63) is 29.8 Å². The lowest BCUT2D eigenvalue weighted by Gasteiger charge is -2.17. The summed E-state index contributed by atoms with van der Waals surface area (Å²) in [7, 11) is 0. The maximum atomic E-state index is 11.6. The van der Waals surface area contributed by atoms with E-state index < -0.39 is 0 Å². The Bertz CT molecular complexity index is 357. The van der Waals surface area contributed by atoms with Crippen LogP contribution in [0.15, 0.2) is 24.3 Å². The summed E-state index contributed by atoms with van der Waals surface area (Å²) in [6.07, 6.45) is 0. The van der Waals surface area contributed by atoms with Crippen molar-refractivity contribution in [3.8, 4) is 0 Å². The fourth-order valence-corrected chi connectivity index (χ4v) is 1.33. The molecule has 3 heteroatoms. The Balaban J connectivity index is 2.35. The van der Waals surface area contributed by atoms with Crippen LogP contribution in [-0.4, -0.2) is 18.5 Å². The molecule has 17 heavy (non-hydrogen) atoms. The van der Waals surface area contributed by atoms with Crippen LogP contribution in [0, 0.1) is 12.8 Å². The molecule has 1 rings (SSSR count). The highest BCUT2D eigenvalue weighted by molar-refractivity contribution is 5.80. The summed E-state index contributed by atoms with van der Waals surface area (Å²) >= 11 is 0. The molecule has 0 fully saturated rings. The number of aryl methyl sites for hydroxylation is 1. The summed E-state index contributed by atoms with van der Waals surface area (Å²) in [5.41, 5.74) is 2.19. The predicted octanol–water partition coefficient (Wildman–Crippen LogP) is 2.57. The second-order valence-corrected chi connectivity index (χ2v) is 4.82. The normalized spacial score (nSPS) is 12.3. The lowest BCUT2D eigenvalue weighted by Crippen LogP contribution is -2.39. The molecule has 0 radical (unpaired) electrons. The van der Waals surface area contributed by atoms with Crippen molar-refractivity contribution in [3.63, 3.8) is 0 Å². The molecule has 1 amide bonds. The summed E-state index contributed by atoms with van der Waals surface area (Å²) in [5.74, 6) is 0.491. The van der Waals surface area contributed by atoms with Crippen LogP contribution in [0.4, 0.5) is 5.69 Å². The number of nitrogens with one attached hydrogen (secondary N) is 2. The van der Waals surface area contributed by atoms with Crippen molar-refractivity contribution >= 4 is 11.6 Å². The fraction of sp³-hybridized carbons (Fsp3) is 0.500. The number of anilines is 1. The van der Waals surface area contributed by atoms with E-state index in [0.29, 0.717) is 12.5 Å². The van der Waals surface area contributed by atoms with Gasteiger partial charge in [0, 0.05) is 11.7 Å². The third-order valence-electron chi connectivity index (χ3n) is 2.89. The fourth-order valence-electron chi connectivity index (χ4n) is 1.33. The van der Waals surface area contributed by atoms with Gasteiger partial charge in [0.1, 0.15) is 0 Å². The highest BCUT2D eigenvalue weighted by Crippen LogP contribution is 2.07. The number of hydrogen-bond acceptors (Lipinski definition) is 2. The smallest absolute Gasteiger partial charge is 0.239 e. The van der Waals surface area contributed by atoms with Gasteiger partial charge in [-0.3, -0.25) is 4.79 Å². The van der Waals surface area contributed by atoms with Crippen LogP contribution < -0.4 is 10.6 Å². The maximum absolute atomic E-state index is 11.6. The zero-order valence-corrected chi connectivity index (χ0v) is 11.1. The SMILES string of the molecule is Cc1ccc(NCC(=O)NC(C)C(C)C)cc1. The van der Waals surface area contributed by atoms with E-state index >= 15 is 0 Å². The zero-order chi connectivity index (χ0) is 12.8. The van der Waals surface area contributed by atoms with Crippen LogP contribution in [0.1, 0.15) is 26.3 Å². The molecule has 94 valence electrons. The van der Waals surface area contributed by atoms with Gasteiger partial charge in [0.2, 0.25) is 5.91 Å². The summed E-state index contributed by atoms with van der Waals surface area (Å²) in [6, 6.07) is 8.22. The molecule has 0 aliphatic carbocycles. The highest BCUT2D eigenvalue weighted by Gasteiger charge is 2.09. The molecule has 1 unspecified atom stereocenters. The van der Waals surface area contributed by atoms with Crippen LogP contribution in [0.2, 0.25) is 0 Å². The van der Waals surface area contributed by atoms with Gasteiger partial charge in [-0.1, -0.05) is 31.5 Å². The van der Waals surface area contributed by atoms with E-state index in [1.807, 2.05) is 38.1 Å². The molecule has 3 nitrogen and oxygen atoms in total. The third kappa shape index (κ3) is 4.89. The first-order valence-corrected chi connectivity index (χ1v) is 6.09. The second kappa shape index (κ2) is 6.28. The molecule has 1 aromatic carbocycles. The van der Waals surface area contributed by atoms with Crippen molar-refractivity contribution < 1.29 is 4.79 Å². The molecule has 0 aliphatic rings. The highest BCUT2D eigenvalue weighted by atomic mass is 16.1. The van der Waals surface area contributed by atoms with Gasteiger partial charge in [-0.2, -0.15) is 0 Å². The van der Waals surface area contributed by atoms with Crippen molar-refractivity contribution in [2.45, 2.75) is 33.7 Å². The summed E-state index contributed by atoms with van der Waals surface area (Å²) in [4.78, 5) is 11.6. The number of hydrogen-bond donors (Lipinski definition) is 2. The van der Waals surface area contributed by atoms with Crippen LogP contribution in [0.5, 0.6) is 0 Å². The van der Waals surface area contributed by atoms with Gasteiger partial charge in [0.25, 0.3) is 0 Å². The molecule has 0 heterocycles. The Labute approximate surface area is 104 Å². The van der Waals surface area contributed by atoms with Crippen molar-refractivity contribution in [1.82, 2.24) is 5.32 Å². The van der Waals surface area contributed by atoms with Crippen LogP contribution in [0.3, 0.4) is 0 Å². The predicted molar refractivity (Wildman–Crippen MR) is 72.1 cm³/mol. The molecule has 1 aromatic rings. The number of benzene rings is 1. The van der Waals surface area contributed by atoms with Crippen molar-refractivity contribution in [2.75, 3.05) is 11.9 Å². The summed E-state index contributed by atoms with van der Waals surface area (Å²) < 4.78 is 0. The van der Waals surface area contributed by atoms with E-state index in [0.717, 1.165) is 5.69 Å². The molecule has 2 N–H and O–H groups in total. The number of amides is 1. The number of carbonyl (C=O) groups is 1. The number of rotatable bonds is 5. The Hall–Kier alpha value is -1.51. The molecular formula is C14H22N2O. The molecule has 0 saturated heterocycles. The van der Waals surface area contributed by atoms with E-state index in [-0.39, 0.29) is 11.9 Å². The first-order chi connectivity index (χ1) is 7.99. The minimum atomic E-state index is 0.0341. The lowest BCUT2D eigenvalue weighted by molar-refractivity contribution is -0.120. The van der Waals surface area contributed by atoms with E-state index in [1.165, 1.54) is 5.56 Å². The average Bonchev–Trinajstić information content (AvgIpc) is 2.28. The zero-order valence-electron chi connectivity index (χ0n) is 11.1. The second-order valence-electron chi connectivity index (χ2n) is 4.82. The van der Waals surface area contributed by atoms with Crippen molar-refractivity contribution in [2.24, 2.45) is 5.92 Å². The minimum Gasteiger partial charge on any atom is -0.376 e. The van der Waals surface area contributed by atoms with E-state index in [4.69, 9.17) is 0 Å². The Morgan fingerprint density at radius 3 is 2.29 bits per heavy atom. The van der Waals surface area contributed by atoms with Crippen molar-refractivity contribution in [1.29, 1.82) is 0 Å². The van der Waals surface area contributed by atoms with Gasteiger partial charge >= 0.3 is 0 Å². The molecule has 1 atom stereocenters. The van der Waals surface area contributed by atoms with E-state index in [1.54, 1.807) is 0 Å². The average molecular weight is 234 g/mol. The number of carbonyl (C=O) groups excluding carboxylic acids is 1. The van der Waals surface area contributed by atoms with E-state index in [2.05, 4.69) is 24.5 Å². The molecule has 0 aromatic heterocycles. The lowest BCUT2D eigenvalue weighted by atomic mass is 10.1. The quantitative estimate of drug-likeness (QED) is 0.822. The third-order valence-corrected chi connectivity index (χ3v) is 2.89. The first kappa shape index (κ1) is 13.6. The van der Waals surface area contributed by atoms with Gasteiger partial charge in [0.15, 0.2) is 0 Å². The van der Waals surface area contributed by atoms with Crippen LogP contribution >= 0.6 is 0 Å². The van der Waals surface area contributed by atoms with Gasteiger partial charge in [-0.15, -0.1) is 0 Å². The monoisotopic (exact) mass is 234 g/mol. The van der Waals surface area contributed by atoms with Crippen LogP contribution in [-0.2, 0) is 4.79 Å². The Morgan fingerprint density at radius 1 is 1.18 bits per heavy atom. The largest absolute Gasteiger partial charge is 0.376 e. The summed E-state index contributed by atoms with van der Waals surface area (Å²) in [5, 5.41) is 6.06. The van der Waals surface area contributed by atoms with E-state index in [9.17, 15) is 4.79 Å². The summed E-state index contributed by atoms with van der Waals surface area (Å²) in [6.45, 7) is 8.58. The van der Waals surface area contributed by atoms with Gasteiger partial charge < -0.3 is 10.6 Å². The van der Waals surface area contributed by atoms with Crippen LogP contribution in [0.25, 0.3) is 0 Å². The Morgan fingerprint density at radius 2 is 1.76 bits per heavy atom. The Kier molecular flexibility index (Phi) is 5.01. The van der Waals surface area contributed by atoms with Gasteiger partial charge in [-0.05, 0) is 31.9 Å². The maximum Gasteiger partial charge on any atom is 0.239 e. The molecule has 0 spiro atoms. The molecular weight excluding hydrogens is 212 g/mol. The van der Waals surface area contributed by atoms with Gasteiger partial charge in [0.05, 0.1) is 6.54 Å². The standard InChI is InChI=1S/C14H22N2O/c1-10(2)12(4)16-14(17)9-15-13-7-5-11(3)6-8-13/h5-8,10,12,15H,9H2,1-4H3,(H,16,17). The first-order valence-electron chi connectivity index (χ1n) is 6.09. The minimum absolute atomic E-state index is 0.0341. The van der Waals surface area contributed by atoms with Gasteiger partial charge in [-0.25, -0.2) is 0 Å².